The molecule has 5 nitrogen and oxygen atoms in total. The van der Waals surface area contributed by atoms with Gasteiger partial charge in [-0.3, -0.25) is 10.4 Å². The molecule has 2 rings (SSSR count). The monoisotopic (exact) mass is 298 g/mol. The summed E-state index contributed by atoms with van der Waals surface area (Å²) in [5.41, 5.74) is 3.34. The Kier molecular flexibility index (Phi) is 4.78. The lowest BCUT2D eigenvalue weighted by molar-refractivity contribution is -0.0498. The van der Waals surface area contributed by atoms with Crippen LogP contribution < -0.4 is 10.2 Å². The molecule has 0 unspecified atom stereocenters. The number of ether oxygens (including phenoxy) is 1. The molecule has 0 saturated carbocycles. The van der Waals surface area contributed by atoms with Crippen molar-refractivity contribution in [1.82, 2.24) is 9.97 Å². The predicted octanol–water partition coefficient (Wildman–Crippen LogP) is 3.18. The van der Waals surface area contributed by atoms with Crippen molar-refractivity contribution in [2.75, 3.05) is 5.43 Å². The molecule has 1 aromatic carbocycles. The van der Waals surface area contributed by atoms with Crippen LogP contribution in [-0.4, -0.2) is 22.8 Å². The minimum atomic E-state index is -2.84. The van der Waals surface area contributed by atoms with Gasteiger partial charge in [0.15, 0.2) is 5.82 Å². The quantitative estimate of drug-likeness (QED) is 0.680. The summed E-state index contributed by atoms with van der Waals surface area (Å²) in [5.74, 6) is 0.484. The zero-order valence-electron chi connectivity index (χ0n) is 10.0. The van der Waals surface area contributed by atoms with Crippen LogP contribution >= 0.6 is 11.6 Å². The van der Waals surface area contributed by atoms with Gasteiger partial charge in [0.2, 0.25) is 0 Å². The molecule has 1 aromatic heterocycles. The molecule has 0 aliphatic rings. The summed E-state index contributed by atoms with van der Waals surface area (Å²) < 4.78 is 28.2. The summed E-state index contributed by atoms with van der Waals surface area (Å²) in [5, 5.41) is 4.17. The average molecular weight is 299 g/mol. The van der Waals surface area contributed by atoms with Gasteiger partial charge in [-0.15, -0.1) is 0 Å². The Morgan fingerprint density at radius 1 is 1.25 bits per heavy atom. The van der Waals surface area contributed by atoms with Gasteiger partial charge in [-0.2, -0.15) is 13.9 Å². The number of alkyl halides is 2. The molecule has 104 valence electrons. The maximum absolute atomic E-state index is 12.0. The topological polar surface area (TPSA) is 59.4 Å². The van der Waals surface area contributed by atoms with Crippen LogP contribution in [0.4, 0.5) is 14.6 Å². The molecule has 1 N–H and O–H groups in total. The minimum Gasteiger partial charge on any atom is -0.435 e. The highest BCUT2D eigenvalue weighted by Crippen LogP contribution is 2.14. The molecule has 2 aromatic rings. The summed E-state index contributed by atoms with van der Waals surface area (Å²) in [7, 11) is 0. The maximum atomic E-state index is 12.0. The van der Waals surface area contributed by atoms with E-state index in [9.17, 15) is 8.78 Å². The van der Waals surface area contributed by atoms with Gasteiger partial charge < -0.3 is 4.74 Å². The number of nitrogens with one attached hydrogen (secondary N) is 1. The molecule has 0 saturated heterocycles. The first-order valence-electron chi connectivity index (χ1n) is 5.45. The number of hydrogen-bond donors (Lipinski definition) is 1. The Morgan fingerprint density at radius 3 is 2.65 bits per heavy atom. The van der Waals surface area contributed by atoms with E-state index in [-0.39, 0.29) is 10.9 Å². The van der Waals surface area contributed by atoms with Crippen molar-refractivity contribution < 1.29 is 13.5 Å². The highest BCUT2D eigenvalue weighted by molar-refractivity contribution is 6.29. The number of halogens is 3. The third-order valence-electron chi connectivity index (χ3n) is 2.10. The van der Waals surface area contributed by atoms with Crippen molar-refractivity contribution in [3.63, 3.8) is 0 Å². The van der Waals surface area contributed by atoms with Crippen LogP contribution in [0.2, 0.25) is 5.15 Å². The second kappa shape index (κ2) is 6.76. The Hall–Kier alpha value is -2.28. The summed E-state index contributed by atoms with van der Waals surface area (Å²) >= 11 is 5.66. The molecule has 0 spiro atoms. The SMILES string of the molecule is FC(F)Oc1ccc(C=NNc2cncc(Cl)n2)cc1. The van der Waals surface area contributed by atoms with Crippen LogP contribution in [0.5, 0.6) is 5.75 Å². The maximum Gasteiger partial charge on any atom is 0.387 e. The van der Waals surface area contributed by atoms with Gasteiger partial charge in [0, 0.05) is 0 Å². The zero-order valence-corrected chi connectivity index (χ0v) is 10.8. The molecule has 0 aliphatic heterocycles. The molecule has 0 aliphatic carbocycles. The minimum absolute atomic E-state index is 0.0887. The van der Waals surface area contributed by atoms with E-state index in [1.165, 1.54) is 30.7 Å². The fourth-order valence-corrected chi connectivity index (χ4v) is 1.45. The molecule has 8 heteroatoms. The van der Waals surface area contributed by atoms with Crippen LogP contribution in [0, 0.1) is 0 Å². The van der Waals surface area contributed by atoms with Gasteiger partial charge >= 0.3 is 6.61 Å². The Morgan fingerprint density at radius 2 is 2.00 bits per heavy atom. The smallest absolute Gasteiger partial charge is 0.387 e. The second-order valence-electron chi connectivity index (χ2n) is 3.54. The zero-order chi connectivity index (χ0) is 14.4. The fraction of sp³-hybridized carbons (Fsp3) is 0.0833. The number of hydrogen-bond acceptors (Lipinski definition) is 5. The molecule has 0 radical (unpaired) electrons. The number of hydrazone groups is 1. The van der Waals surface area contributed by atoms with E-state index in [1.807, 2.05) is 0 Å². The van der Waals surface area contributed by atoms with E-state index in [4.69, 9.17) is 11.6 Å². The van der Waals surface area contributed by atoms with Gasteiger partial charge in [-0.05, 0) is 29.8 Å². The van der Waals surface area contributed by atoms with Crippen LogP contribution in [0.15, 0.2) is 41.8 Å². The van der Waals surface area contributed by atoms with Crippen molar-refractivity contribution in [2.45, 2.75) is 6.61 Å². The summed E-state index contributed by atoms with van der Waals surface area (Å²) in [6, 6.07) is 6.03. The van der Waals surface area contributed by atoms with Gasteiger partial charge in [0.1, 0.15) is 10.9 Å². The van der Waals surface area contributed by atoms with E-state index in [1.54, 1.807) is 12.1 Å². The van der Waals surface area contributed by atoms with E-state index >= 15 is 0 Å². The summed E-state index contributed by atoms with van der Waals surface area (Å²) in [6.07, 6.45) is 4.36. The molecule has 0 bridgehead atoms. The molecule has 0 amide bonds. The molecule has 0 fully saturated rings. The van der Waals surface area contributed by atoms with Crippen molar-refractivity contribution in [2.24, 2.45) is 5.10 Å². The lowest BCUT2D eigenvalue weighted by Gasteiger charge is -2.03. The number of benzene rings is 1. The lowest BCUT2D eigenvalue weighted by atomic mass is 10.2. The van der Waals surface area contributed by atoms with E-state index in [2.05, 4.69) is 25.2 Å². The lowest BCUT2D eigenvalue weighted by Crippen LogP contribution is -2.01. The highest BCUT2D eigenvalue weighted by atomic mass is 35.5. The van der Waals surface area contributed by atoms with Crippen LogP contribution in [0.3, 0.4) is 0 Å². The number of nitrogens with zero attached hydrogens (tertiary/aromatic N) is 3. The Bertz CT molecular complexity index is 592. The van der Waals surface area contributed by atoms with Gasteiger partial charge in [-0.25, -0.2) is 4.98 Å². The van der Waals surface area contributed by atoms with Crippen molar-refractivity contribution in [3.8, 4) is 5.75 Å². The third-order valence-corrected chi connectivity index (χ3v) is 2.29. The van der Waals surface area contributed by atoms with Crippen molar-refractivity contribution in [3.05, 3.63) is 47.4 Å². The van der Waals surface area contributed by atoms with Crippen LogP contribution in [0.1, 0.15) is 5.56 Å². The molecule has 1 heterocycles. The number of rotatable bonds is 5. The fourth-order valence-electron chi connectivity index (χ4n) is 1.30. The van der Waals surface area contributed by atoms with Gasteiger partial charge in [-0.1, -0.05) is 11.6 Å². The van der Waals surface area contributed by atoms with E-state index in [0.717, 1.165) is 0 Å². The average Bonchev–Trinajstić information content (AvgIpc) is 2.40. The van der Waals surface area contributed by atoms with Crippen LogP contribution in [-0.2, 0) is 0 Å². The van der Waals surface area contributed by atoms with Crippen molar-refractivity contribution in [1.29, 1.82) is 0 Å². The van der Waals surface area contributed by atoms with Crippen molar-refractivity contribution >= 4 is 23.6 Å². The standard InChI is InChI=1S/C12H9ClF2N4O/c13-10-6-16-7-11(18-10)19-17-5-8-1-3-9(4-2-8)20-12(14)15/h1-7,12H,(H,18,19). The summed E-state index contributed by atoms with van der Waals surface area (Å²) in [4.78, 5) is 7.76. The van der Waals surface area contributed by atoms with Gasteiger partial charge in [0.05, 0.1) is 18.6 Å². The highest BCUT2D eigenvalue weighted by Gasteiger charge is 2.02. The molecular weight excluding hydrogens is 290 g/mol. The Balaban J connectivity index is 1.94. The van der Waals surface area contributed by atoms with Crippen LogP contribution in [0.25, 0.3) is 0 Å². The number of anilines is 1. The largest absolute Gasteiger partial charge is 0.435 e. The first-order valence-corrected chi connectivity index (χ1v) is 5.83. The first kappa shape index (κ1) is 14.1. The normalized spacial score (nSPS) is 11.0. The summed E-state index contributed by atoms with van der Waals surface area (Å²) in [6.45, 7) is -2.84. The Labute approximate surface area is 118 Å². The predicted molar refractivity (Wildman–Crippen MR) is 71.3 cm³/mol. The molecule has 20 heavy (non-hydrogen) atoms. The van der Waals surface area contributed by atoms with E-state index in [0.29, 0.717) is 11.4 Å². The third kappa shape index (κ3) is 4.43. The molecular formula is C12H9ClF2N4O. The first-order chi connectivity index (χ1) is 9.63. The number of aromatic nitrogens is 2. The van der Waals surface area contributed by atoms with E-state index < -0.39 is 6.61 Å². The molecule has 0 atom stereocenters. The second-order valence-corrected chi connectivity index (χ2v) is 3.93. The van der Waals surface area contributed by atoms with Gasteiger partial charge in [0.25, 0.3) is 0 Å².